The van der Waals surface area contributed by atoms with Crippen molar-refractivity contribution < 1.29 is 37.0 Å². The number of carboxylic acids is 1. The van der Waals surface area contributed by atoms with Crippen molar-refractivity contribution in [3.8, 4) is 11.6 Å². The number of hydrogen-bond donors (Lipinski definition) is 2. The fraction of sp³-hybridized carbons (Fsp3) is 0.375. The predicted molar refractivity (Wildman–Crippen MR) is 131 cm³/mol. The summed E-state index contributed by atoms with van der Waals surface area (Å²) in [4.78, 5) is 32.1. The van der Waals surface area contributed by atoms with E-state index in [1.54, 1.807) is 0 Å². The molecule has 15 heteroatoms. The third-order valence-corrected chi connectivity index (χ3v) is 6.61. The maximum Gasteiger partial charge on any atom is 0.417 e. The van der Waals surface area contributed by atoms with Gasteiger partial charge in [-0.25, -0.2) is 18.9 Å². The van der Waals surface area contributed by atoms with Crippen molar-refractivity contribution in [1.29, 1.82) is 0 Å². The molecule has 208 valence electrons. The smallest absolute Gasteiger partial charge is 0.417 e. The number of ether oxygens (including phenoxy) is 1. The second kappa shape index (κ2) is 10.5. The number of amides is 1. The molecule has 1 aliphatic rings. The summed E-state index contributed by atoms with van der Waals surface area (Å²) in [6, 6.07) is 2.97. The molecule has 3 heterocycles. The van der Waals surface area contributed by atoms with Crippen LogP contribution in [0.1, 0.15) is 40.3 Å². The number of alkyl halides is 3. The number of anilines is 2. The Kier molecular flexibility index (Phi) is 7.46. The molecular weight excluding hydrogens is 526 g/mol. The van der Waals surface area contributed by atoms with E-state index in [1.165, 1.54) is 6.07 Å². The van der Waals surface area contributed by atoms with Gasteiger partial charge in [-0.2, -0.15) is 13.2 Å². The molecule has 11 nitrogen and oxygen atoms in total. The lowest BCUT2D eigenvalue weighted by atomic mass is 10.1. The van der Waals surface area contributed by atoms with E-state index in [9.17, 15) is 22.8 Å². The maximum atomic E-state index is 15.4. The number of piperazine rings is 1. The zero-order valence-corrected chi connectivity index (χ0v) is 21.3. The summed E-state index contributed by atoms with van der Waals surface area (Å²) in [6.45, 7) is 4.81. The molecular formula is C24H25F4N7O4. The van der Waals surface area contributed by atoms with E-state index in [-0.39, 0.29) is 35.0 Å². The maximum absolute atomic E-state index is 15.4. The Hall–Kier alpha value is -4.27. The number of aromatic nitrogens is 4. The molecule has 0 spiro atoms. The summed E-state index contributed by atoms with van der Waals surface area (Å²) in [5.41, 5.74) is -2.55. The third kappa shape index (κ3) is 5.62. The Balaban J connectivity index is 1.81. The Bertz CT molecular complexity index is 1400. The molecule has 1 aromatic carbocycles. The minimum absolute atomic E-state index is 0.0170. The highest BCUT2D eigenvalue weighted by molar-refractivity contribution is 6.07. The van der Waals surface area contributed by atoms with Crippen molar-refractivity contribution in [1.82, 2.24) is 24.9 Å². The van der Waals surface area contributed by atoms with E-state index in [0.717, 1.165) is 30.3 Å². The van der Waals surface area contributed by atoms with Crippen LogP contribution in [0, 0.1) is 5.82 Å². The standard InChI is InChI=1S/C24H25F4N7O4/c1-12-9-34(10-13(2)33(12)3)20-6-16(25)19(35-11-18(23(37)38)31-32-35)7-17(20)30-22(36)14-8-29-21(39-4)5-15(14)24(26,27)28/h5-8,11-13H,9-10H2,1-4H3,(H,30,36)(H,37,38)/t12-,13+. The Morgan fingerprint density at radius 1 is 1.13 bits per heavy atom. The number of carboxylic acid groups (broad SMARTS) is 1. The van der Waals surface area contributed by atoms with Gasteiger partial charge in [0, 0.05) is 43.5 Å². The van der Waals surface area contributed by atoms with E-state index in [1.807, 2.05) is 25.8 Å². The quantitative estimate of drug-likeness (QED) is 0.444. The molecule has 0 aliphatic carbocycles. The van der Waals surface area contributed by atoms with Crippen molar-refractivity contribution >= 4 is 23.3 Å². The van der Waals surface area contributed by atoms with Crippen LogP contribution in [0.3, 0.4) is 0 Å². The van der Waals surface area contributed by atoms with Gasteiger partial charge in [0.1, 0.15) is 5.69 Å². The second-order valence-corrected chi connectivity index (χ2v) is 9.17. The molecule has 0 radical (unpaired) electrons. The van der Waals surface area contributed by atoms with Gasteiger partial charge in [-0.3, -0.25) is 9.69 Å². The van der Waals surface area contributed by atoms with E-state index in [4.69, 9.17) is 9.84 Å². The van der Waals surface area contributed by atoms with Crippen LogP contribution >= 0.6 is 0 Å². The largest absolute Gasteiger partial charge is 0.481 e. The van der Waals surface area contributed by atoms with Gasteiger partial charge in [0.25, 0.3) is 5.91 Å². The number of benzene rings is 1. The van der Waals surface area contributed by atoms with Gasteiger partial charge in [0.05, 0.1) is 35.8 Å². The topological polar surface area (TPSA) is 126 Å². The zero-order chi connectivity index (χ0) is 28.6. The molecule has 2 atom stereocenters. The Labute approximate surface area is 220 Å². The number of rotatable bonds is 6. The molecule has 1 fully saturated rings. The van der Waals surface area contributed by atoms with Crippen molar-refractivity contribution in [2.24, 2.45) is 0 Å². The number of halogens is 4. The van der Waals surface area contributed by atoms with Crippen LogP contribution in [0.2, 0.25) is 0 Å². The molecule has 39 heavy (non-hydrogen) atoms. The lowest BCUT2D eigenvalue weighted by Gasteiger charge is -2.44. The predicted octanol–water partition coefficient (Wildman–Crippen LogP) is 3.31. The fourth-order valence-electron chi connectivity index (χ4n) is 4.32. The number of methoxy groups -OCH3 is 1. The van der Waals surface area contributed by atoms with Crippen molar-refractivity contribution in [2.75, 3.05) is 37.5 Å². The number of nitrogens with zero attached hydrogens (tertiary/aromatic N) is 6. The molecule has 0 saturated carbocycles. The SMILES string of the molecule is COc1cc(C(F)(F)F)c(C(=O)Nc2cc(-n3cc(C(=O)O)nn3)c(F)cc2N2C[C@@H](C)N(C)[C@@H](C)C2)cn1. The molecule has 1 saturated heterocycles. The third-order valence-electron chi connectivity index (χ3n) is 6.61. The summed E-state index contributed by atoms with van der Waals surface area (Å²) in [7, 11) is 3.09. The van der Waals surface area contributed by atoms with Crippen LogP contribution in [-0.2, 0) is 6.18 Å². The first-order chi connectivity index (χ1) is 18.3. The molecule has 3 aromatic rings. The van der Waals surface area contributed by atoms with Crippen LogP contribution in [0.15, 0.2) is 30.6 Å². The highest BCUT2D eigenvalue weighted by atomic mass is 19.4. The van der Waals surface area contributed by atoms with Crippen molar-refractivity contribution in [2.45, 2.75) is 32.1 Å². The molecule has 4 rings (SSSR count). The number of carbonyl (C=O) groups excluding carboxylic acids is 1. The van der Waals surface area contributed by atoms with Gasteiger partial charge in [-0.1, -0.05) is 5.21 Å². The first-order valence-electron chi connectivity index (χ1n) is 11.7. The monoisotopic (exact) mass is 551 g/mol. The van der Waals surface area contributed by atoms with Gasteiger partial charge < -0.3 is 20.1 Å². The summed E-state index contributed by atoms with van der Waals surface area (Å²) >= 11 is 0. The van der Waals surface area contributed by atoms with Crippen molar-refractivity contribution in [3.05, 3.63) is 53.2 Å². The van der Waals surface area contributed by atoms with Crippen molar-refractivity contribution in [3.63, 3.8) is 0 Å². The van der Waals surface area contributed by atoms with E-state index >= 15 is 4.39 Å². The number of pyridine rings is 1. The van der Waals surface area contributed by atoms with Gasteiger partial charge in [0.2, 0.25) is 5.88 Å². The summed E-state index contributed by atoms with van der Waals surface area (Å²) in [6.07, 6.45) is -3.17. The average Bonchev–Trinajstić information content (AvgIpc) is 3.37. The van der Waals surface area contributed by atoms with Crippen LogP contribution in [0.4, 0.5) is 28.9 Å². The number of carbonyl (C=O) groups is 2. The van der Waals surface area contributed by atoms with Crippen LogP contribution in [-0.4, -0.2) is 81.2 Å². The molecule has 0 bridgehead atoms. The van der Waals surface area contributed by atoms with Gasteiger partial charge in [-0.05, 0) is 27.0 Å². The van der Waals surface area contributed by atoms with E-state index < -0.39 is 40.7 Å². The van der Waals surface area contributed by atoms with Crippen LogP contribution in [0.5, 0.6) is 5.88 Å². The second-order valence-electron chi connectivity index (χ2n) is 9.17. The summed E-state index contributed by atoms with van der Waals surface area (Å²) in [5, 5.41) is 18.7. The Morgan fingerprint density at radius 3 is 2.36 bits per heavy atom. The van der Waals surface area contributed by atoms with Crippen LogP contribution < -0.4 is 15.0 Å². The summed E-state index contributed by atoms with van der Waals surface area (Å²) < 4.78 is 62.3. The average molecular weight is 552 g/mol. The summed E-state index contributed by atoms with van der Waals surface area (Å²) in [5.74, 6) is -3.68. The number of hydrogen-bond acceptors (Lipinski definition) is 8. The number of nitrogens with one attached hydrogen (secondary N) is 1. The number of aromatic carboxylic acids is 1. The van der Waals surface area contributed by atoms with Gasteiger partial charge in [0.15, 0.2) is 11.5 Å². The number of likely N-dealkylation sites (N-methyl/N-ethyl adjacent to an activating group) is 1. The minimum Gasteiger partial charge on any atom is -0.481 e. The molecule has 1 amide bonds. The van der Waals surface area contributed by atoms with E-state index in [2.05, 4.69) is 25.5 Å². The van der Waals surface area contributed by atoms with Gasteiger partial charge in [-0.15, -0.1) is 5.10 Å². The Morgan fingerprint density at radius 2 is 1.79 bits per heavy atom. The lowest BCUT2D eigenvalue weighted by molar-refractivity contribution is -0.138. The van der Waals surface area contributed by atoms with E-state index in [0.29, 0.717) is 19.2 Å². The molecule has 1 aliphatic heterocycles. The van der Waals surface area contributed by atoms with Gasteiger partial charge >= 0.3 is 12.1 Å². The fourth-order valence-corrected chi connectivity index (χ4v) is 4.32. The zero-order valence-electron chi connectivity index (χ0n) is 21.3. The highest BCUT2D eigenvalue weighted by Gasteiger charge is 2.37. The minimum atomic E-state index is -4.89. The first-order valence-corrected chi connectivity index (χ1v) is 11.7. The highest BCUT2D eigenvalue weighted by Crippen LogP contribution is 2.36. The normalized spacial score (nSPS) is 18.2. The van der Waals surface area contributed by atoms with Crippen LogP contribution in [0.25, 0.3) is 5.69 Å². The molecule has 0 unspecified atom stereocenters. The first kappa shape index (κ1) is 27.8. The molecule has 2 N–H and O–H groups in total. The molecule has 2 aromatic heterocycles. The lowest BCUT2D eigenvalue weighted by Crippen LogP contribution is -2.55.